The molecule has 4 heteroatoms. The van der Waals surface area contributed by atoms with Gasteiger partial charge in [-0.3, -0.25) is 5.32 Å². The lowest BCUT2D eigenvalue weighted by Crippen LogP contribution is -2.42. The largest absolute Gasteiger partial charge is 0.413 e. The first-order valence-corrected chi connectivity index (χ1v) is 8.72. The SMILES string of the molecule is C[Si](C)(C)OC1CCCC1NCC#N. The van der Waals surface area contributed by atoms with E-state index in [1.54, 1.807) is 0 Å². The Bertz CT molecular complexity index is 219. The molecule has 2 unspecified atom stereocenters. The van der Waals surface area contributed by atoms with Gasteiger partial charge in [-0.05, 0) is 38.9 Å². The van der Waals surface area contributed by atoms with Crippen LogP contribution in [0.1, 0.15) is 19.3 Å². The Hall–Kier alpha value is -0.373. The van der Waals surface area contributed by atoms with Gasteiger partial charge in [0, 0.05) is 6.04 Å². The molecule has 0 bridgehead atoms. The second-order valence-corrected chi connectivity index (χ2v) is 9.31. The van der Waals surface area contributed by atoms with Crippen LogP contribution in [0.3, 0.4) is 0 Å². The van der Waals surface area contributed by atoms with Gasteiger partial charge in [0.1, 0.15) is 0 Å². The molecule has 0 aromatic carbocycles. The minimum atomic E-state index is -1.43. The summed E-state index contributed by atoms with van der Waals surface area (Å²) in [5.74, 6) is 0. The normalized spacial score (nSPS) is 27.6. The number of rotatable bonds is 4. The third-order valence-electron chi connectivity index (χ3n) is 2.40. The summed E-state index contributed by atoms with van der Waals surface area (Å²) in [6.45, 7) is 7.09. The van der Waals surface area contributed by atoms with Crippen LogP contribution in [0.15, 0.2) is 0 Å². The van der Waals surface area contributed by atoms with Crippen LogP contribution in [0, 0.1) is 11.3 Å². The first-order chi connectivity index (χ1) is 6.53. The van der Waals surface area contributed by atoms with Crippen molar-refractivity contribution in [1.29, 1.82) is 5.26 Å². The second kappa shape index (κ2) is 4.92. The van der Waals surface area contributed by atoms with E-state index in [1.807, 2.05) is 0 Å². The van der Waals surface area contributed by atoms with Crippen LogP contribution in [-0.4, -0.2) is 27.0 Å². The molecule has 1 fully saturated rings. The van der Waals surface area contributed by atoms with Crippen molar-refractivity contribution in [3.8, 4) is 6.07 Å². The van der Waals surface area contributed by atoms with Crippen LogP contribution < -0.4 is 5.32 Å². The van der Waals surface area contributed by atoms with Crippen molar-refractivity contribution in [2.75, 3.05) is 6.54 Å². The Kier molecular flexibility index (Phi) is 4.11. The lowest BCUT2D eigenvalue weighted by Gasteiger charge is -2.27. The number of nitrogens with zero attached hydrogens (tertiary/aromatic N) is 1. The quantitative estimate of drug-likeness (QED) is 0.571. The fourth-order valence-electron chi connectivity index (χ4n) is 1.93. The summed E-state index contributed by atoms with van der Waals surface area (Å²) in [5, 5.41) is 11.7. The molecule has 80 valence electrons. The molecule has 0 aliphatic heterocycles. The van der Waals surface area contributed by atoms with Gasteiger partial charge in [0.05, 0.1) is 18.7 Å². The van der Waals surface area contributed by atoms with Crippen molar-refractivity contribution in [3.63, 3.8) is 0 Å². The van der Waals surface area contributed by atoms with E-state index in [2.05, 4.69) is 31.0 Å². The van der Waals surface area contributed by atoms with Crippen molar-refractivity contribution >= 4 is 8.32 Å². The van der Waals surface area contributed by atoms with E-state index < -0.39 is 8.32 Å². The minimum Gasteiger partial charge on any atom is -0.413 e. The van der Waals surface area contributed by atoms with E-state index in [0.29, 0.717) is 18.7 Å². The maximum Gasteiger partial charge on any atom is 0.184 e. The predicted molar refractivity (Wildman–Crippen MR) is 59.5 cm³/mol. The molecule has 0 spiro atoms. The molecule has 0 aromatic heterocycles. The standard InChI is InChI=1S/C10H20N2OSi/c1-14(2,3)13-10-6-4-5-9(10)12-8-7-11/h9-10,12H,4-6,8H2,1-3H3. The Balaban J connectivity index is 2.40. The summed E-state index contributed by atoms with van der Waals surface area (Å²) in [6, 6.07) is 2.53. The van der Waals surface area contributed by atoms with E-state index in [4.69, 9.17) is 9.69 Å². The number of hydrogen-bond donors (Lipinski definition) is 1. The van der Waals surface area contributed by atoms with Crippen molar-refractivity contribution in [3.05, 3.63) is 0 Å². The van der Waals surface area contributed by atoms with Gasteiger partial charge in [0.15, 0.2) is 8.32 Å². The molecule has 0 amide bonds. The zero-order chi connectivity index (χ0) is 10.6. The van der Waals surface area contributed by atoms with Gasteiger partial charge in [-0.1, -0.05) is 0 Å². The molecule has 0 aromatic rings. The summed E-state index contributed by atoms with van der Waals surface area (Å²) in [7, 11) is -1.43. The van der Waals surface area contributed by atoms with Crippen LogP contribution in [0.4, 0.5) is 0 Å². The Labute approximate surface area is 87.6 Å². The van der Waals surface area contributed by atoms with Crippen molar-refractivity contribution < 1.29 is 4.43 Å². The van der Waals surface area contributed by atoms with E-state index in [-0.39, 0.29) is 0 Å². The van der Waals surface area contributed by atoms with Gasteiger partial charge in [-0.2, -0.15) is 5.26 Å². The van der Waals surface area contributed by atoms with E-state index >= 15 is 0 Å². The zero-order valence-electron chi connectivity index (χ0n) is 9.34. The summed E-state index contributed by atoms with van der Waals surface area (Å²) >= 11 is 0. The summed E-state index contributed by atoms with van der Waals surface area (Å²) in [4.78, 5) is 0. The summed E-state index contributed by atoms with van der Waals surface area (Å²) in [6.07, 6.45) is 3.86. The van der Waals surface area contributed by atoms with Crippen molar-refractivity contribution in [2.24, 2.45) is 0 Å². The van der Waals surface area contributed by atoms with E-state index in [1.165, 1.54) is 6.42 Å². The average molecular weight is 212 g/mol. The molecule has 3 nitrogen and oxygen atoms in total. The zero-order valence-corrected chi connectivity index (χ0v) is 10.3. The van der Waals surface area contributed by atoms with Gasteiger partial charge in [-0.15, -0.1) is 0 Å². The lowest BCUT2D eigenvalue weighted by atomic mass is 10.2. The lowest BCUT2D eigenvalue weighted by molar-refractivity contribution is 0.170. The highest BCUT2D eigenvalue weighted by molar-refractivity contribution is 6.69. The highest BCUT2D eigenvalue weighted by Gasteiger charge is 2.31. The fraction of sp³-hybridized carbons (Fsp3) is 0.900. The molecule has 2 atom stereocenters. The van der Waals surface area contributed by atoms with Gasteiger partial charge in [-0.25, -0.2) is 0 Å². The third kappa shape index (κ3) is 3.78. The van der Waals surface area contributed by atoms with E-state index in [0.717, 1.165) is 12.8 Å². The summed E-state index contributed by atoms with van der Waals surface area (Å²) in [5.41, 5.74) is 0. The highest BCUT2D eigenvalue weighted by Crippen LogP contribution is 2.24. The molecular formula is C10H20N2OSi. The monoisotopic (exact) mass is 212 g/mol. The first-order valence-electron chi connectivity index (χ1n) is 5.31. The molecule has 0 heterocycles. The first kappa shape index (κ1) is 11.7. The van der Waals surface area contributed by atoms with Crippen LogP contribution in [0.25, 0.3) is 0 Å². The summed E-state index contributed by atoms with van der Waals surface area (Å²) < 4.78 is 6.08. The minimum absolute atomic E-state index is 0.343. The van der Waals surface area contributed by atoms with Crippen LogP contribution >= 0.6 is 0 Å². The highest BCUT2D eigenvalue weighted by atomic mass is 28.4. The molecular weight excluding hydrogens is 192 g/mol. The maximum atomic E-state index is 8.50. The second-order valence-electron chi connectivity index (χ2n) is 4.85. The van der Waals surface area contributed by atoms with Gasteiger partial charge >= 0.3 is 0 Å². The molecule has 0 saturated heterocycles. The Morgan fingerprint density at radius 1 is 1.43 bits per heavy atom. The molecule has 1 N–H and O–H groups in total. The smallest absolute Gasteiger partial charge is 0.184 e. The third-order valence-corrected chi connectivity index (χ3v) is 3.41. The Morgan fingerprint density at radius 2 is 2.14 bits per heavy atom. The molecule has 1 saturated carbocycles. The number of nitrogens with one attached hydrogen (secondary N) is 1. The van der Waals surface area contributed by atoms with Crippen LogP contribution in [-0.2, 0) is 4.43 Å². The van der Waals surface area contributed by atoms with Crippen LogP contribution in [0.2, 0.25) is 19.6 Å². The van der Waals surface area contributed by atoms with Crippen molar-refractivity contribution in [1.82, 2.24) is 5.32 Å². The van der Waals surface area contributed by atoms with Crippen molar-refractivity contribution in [2.45, 2.75) is 51.0 Å². The molecule has 1 rings (SSSR count). The molecule has 14 heavy (non-hydrogen) atoms. The number of hydrogen-bond acceptors (Lipinski definition) is 3. The maximum absolute atomic E-state index is 8.50. The number of nitriles is 1. The predicted octanol–water partition coefficient (Wildman–Crippen LogP) is 1.87. The van der Waals surface area contributed by atoms with E-state index in [9.17, 15) is 0 Å². The van der Waals surface area contributed by atoms with Gasteiger partial charge in [0.25, 0.3) is 0 Å². The van der Waals surface area contributed by atoms with Crippen LogP contribution in [0.5, 0.6) is 0 Å². The fourth-order valence-corrected chi connectivity index (χ4v) is 3.12. The molecule has 1 aliphatic carbocycles. The molecule has 1 aliphatic rings. The van der Waals surface area contributed by atoms with Gasteiger partial charge in [0.2, 0.25) is 0 Å². The topological polar surface area (TPSA) is 45.0 Å². The average Bonchev–Trinajstić information content (AvgIpc) is 2.45. The Morgan fingerprint density at radius 3 is 2.71 bits per heavy atom. The molecule has 0 radical (unpaired) electrons. The van der Waals surface area contributed by atoms with Gasteiger partial charge < -0.3 is 4.43 Å².